The van der Waals surface area contributed by atoms with Crippen molar-refractivity contribution in [2.24, 2.45) is 5.14 Å². The van der Waals surface area contributed by atoms with Crippen LogP contribution in [0.2, 0.25) is 0 Å². The van der Waals surface area contributed by atoms with Crippen LogP contribution in [-0.2, 0) is 10.1 Å². The van der Waals surface area contributed by atoms with Gasteiger partial charge in [0.05, 0.1) is 0 Å². The minimum absolute atomic E-state index is 0.343. The second-order valence-electron chi connectivity index (χ2n) is 2.41. The maximum atomic E-state index is 11.2. The Morgan fingerprint density at radius 2 is 2.18 bits per heavy atom. The molecule has 62 valence electrons. The monoisotopic (exact) mass is 173 g/mol. The van der Waals surface area contributed by atoms with E-state index in [0.717, 1.165) is 0 Å². The normalized spacial score (nSPS) is 12.9. The summed E-state index contributed by atoms with van der Waals surface area (Å²) in [5.41, 5.74) is 5.37. The fraction of sp³-hybridized carbons (Fsp3) is 0.167. The van der Waals surface area contributed by atoms with E-state index in [9.17, 15) is 4.21 Å². The summed E-state index contributed by atoms with van der Waals surface area (Å²) in [7, 11) is -2.74. The SMILES string of the molecule is C[SH](N)(=O)c1cccc(N)n1. The number of nitrogens with two attached hydrogens (primary N) is 2. The number of nitrogens with zero attached hydrogens (tertiary/aromatic N) is 1. The van der Waals surface area contributed by atoms with Crippen molar-refractivity contribution in [2.75, 3.05) is 12.0 Å². The van der Waals surface area contributed by atoms with Crippen molar-refractivity contribution >= 4 is 15.9 Å². The van der Waals surface area contributed by atoms with Crippen LogP contribution in [0.4, 0.5) is 5.82 Å². The number of pyridine rings is 1. The van der Waals surface area contributed by atoms with Crippen LogP contribution in [0.1, 0.15) is 0 Å². The third-order valence-corrected chi connectivity index (χ3v) is 2.37. The number of hydrogen-bond donors (Lipinski definition) is 3. The first-order valence-electron chi connectivity index (χ1n) is 3.09. The Bertz CT molecular complexity index is 306. The Morgan fingerprint density at radius 3 is 2.55 bits per heavy atom. The van der Waals surface area contributed by atoms with Crippen LogP contribution in [0, 0.1) is 0 Å². The fourth-order valence-corrected chi connectivity index (χ4v) is 1.38. The van der Waals surface area contributed by atoms with E-state index < -0.39 is 10.1 Å². The summed E-state index contributed by atoms with van der Waals surface area (Å²) in [6.07, 6.45) is 1.45. The molecule has 0 radical (unpaired) electrons. The number of nitrogen functional groups attached to an aromatic ring is 1. The molecule has 1 aromatic heterocycles. The molecular weight excluding hydrogens is 162 g/mol. The van der Waals surface area contributed by atoms with Crippen molar-refractivity contribution in [1.82, 2.24) is 4.98 Å². The van der Waals surface area contributed by atoms with Crippen LogP contribution in [0.3, 0.4) is 0 Å². The van der Waals surface area contributed by atoms with Crippen molar-refractivity contribution in [3.63, 3.8) is 0 Å². The molecule has 1 rings (SSSR count). The molecule has 0 bridgehead atoms. The van der Waals surface area contributed by atoms with E-state index in [2.05, 4.69) is 4.98 Å². The number of aromatic nitrogens is 1. The predicted octanol–water partition coefficient (Wildman–Crippen LogP) is -0.457. The predicted molar refractivity (Wildman–Crippen MR) is 46.6 cm³/mol. The second-order valence-corrected chi connectivity index (χ2v) is 4.85. The van der Waals surface area contributed by atoms with Crippen molar-refractivity contribution in [2.45, 2.75) is 5.03 Å². The van der Waals surface area contributed by atoms with Crippen molar-refractivity contribution in [3.05, 3.63) is 18.2 Å². The molecule has 0 saturated heterocycles. The van der Waals surface area contributed by atoms with Gasteiger partial charge in [0, 0.05) is 6.26 Å². The molecule has 1 aromatic rings. The van der Waals surface area contributed by atoms with E-state index in [1.165, 1.54) is 6.26 Å². The van der Waals surface area contributed by atoms with E-state index in [4.69, 9.17) is 10.9 Å². The highest BCUT2D eigenvalue weighted by Crippen LogP contribution is 2.08. The smallest absolute Gasteiger partial charge is 0.124 e. The molecule has 0 saturated carbocycles. The highest BCUT2D eigenvalue weighted by atomic mass is 32.3. The van der Waals surface area contributed by atoms with Gasteiger partial charge in [-0.1, -0.05) is 6.07 Å². The van der Waals surface area contributed by atoms with Gasteiger partial charge in [-0.15, -0.1) is 0 Å². The van der Waals surface area contributed by atoms with Crippen molar-refractivity contribution in [1.29, 1.82) is 0 Å². The number of thiol groups is 1. The molecule has 0 unspecified atom stereocenters. The van der Waals surface area contributed by atoms with Gasteiger partial charge in [0.15, 0.2) is 0 Å². The molecule has 0 fully saturated rings. The number of rotatable bonds is 1. The summed E-state index contributed by atoms with van der Waals surface area (Å²) < 4.78 is 11.2. The van der Waals surface area contributed by atoms with E-state index in [1.54, 1.807) is 18.2 Å². The highest BCUT2D eigenvalue weighted by Gasteiger charge is 2.05. The van der Waals surface area contributed by atoms with Gasteiger partial charge >= 0.3 is 0 Å². The average Bonchev–Trinajstić information content (AvgIpc) is 1.86. The van der Waals surface area contributed by atoms with Gasteiger partial charge in [-0.3, -0.25) is 9.35 Å². The van der Waals surface area contributed by atoms with E-state index in [-0.39, 0.29) is 0 Å². The van der Waals surface area contributed by atoms with Gasteiger partial charge in [-0.25, -0.2) is 4.98 Å². The Hall–Kier alpha value is -0.940. The first kappa shape index (κ1) is 8.16. The van der Waals surface area contributed by atoms with E-state index >= 15 is 0 Å². The summed E-state index contributed by atoms with van der Waals surface area (Å²) in [5.74, 6) is 0.343. The molecule has 11 heavy (non-hydrogen) atoms. The van der Waals surface area contributed by atoms with Gasteiger partial charge in [-0.2, -0.15) is 0 Å². The molecule has 0 aliphatic carbocycles. The standard InChI is InChI=1S/C6H11N3OS/c1-11(8,10)6-4-2-3-5(7)9-6/h2-4,11H,1H3,(H2,7,9)(H2,8,10). The van der Waals surface area contributed by atoms with Crippen LogP contribution in [0.5, 0.6) is 0 Å². The molecule has 1 heterocycles. The first-order chi connectivity index (χ1) is 5.00. The maximum Gasteiger partial charge on any atom is 0.124 e. The van der Waals surface area contributed by atoms with E-state index in [0.29, 0.717) is 10.8 Å². The molecule has 0 atom stereocenters. The summed E-state index contributed by atoms with van der Waals surface area (Å²) in [6.45, 7) is 0. The van der Waals surface area contributed by atoms with Crippen LogP contribution in [0.25, 0.3) is 0 Å². The summed E-state index contributed by atoms with van der Waals surface area (Å²) in [4.78, 5) is 3.83. The third-order valence-electron chi connectivity index (χ3n) is 1.21. The lowest BCUT2D eigenvalue weighted by molar-refractivity contribution is 0.672. The molecule has 0 amide bonds. The Kier molecular flexibility index (Phi) is 1.92. The van der Waals surface area contributed by atoms with Crippen LogP contribution in [0.15, 0.2) is 23.2 Å². The number of anilines is 1. The summed E-state index contributed by atoms with van der Waals surface area (Å²) >= 11 is 0. The summed E-state index contributed by atoms with van der Waals surface area (Å²) in [5, 5.41) is 5.74. The van der Waals surface area contributed by atoms with Crippen LogP contribution >= 0.6 is 0 Å². The zero-order chi connectivity index (χ0) is 8.48. The second kappa shape index (κ2) is 2.60. The lowest BCUT2D eigenvalue weighted by atomic mass is 10.5. The van der Waals surface area contributed by atoms with Gasteiger partial charge in [0.25, 0.3) is 0 Å². The third kappa shape index (κ3) is 1.99. The maximum absolute atomic E-state index is 11.2. The highest BCUT2D eigenvalue weighted by molar-refractivity contribution is 8.00. The van der Waals surface area contributed by atoms with E-state index in [1.807, 2.05) is 0 Å². The molecule has 5 heteroatoms. The minimum Gasteiger partial charge on any atom is -0.384 e. The van der Waals surface area contributed by atoms with Crippen LogP contribution in [-0.4, -0.2) is 15.4 Å². The fourth-order valence-electron chi connectivity index (χ4n) is 0.687. The van der Waals surface area contributed by atoms with Crippen LogP contribution < -0.4 is 10.9 Å². The zero-order valence-corrected chi connectivity index (χ0v) is 7.08. The van der Waals surface area contributed by atoms with Crippen molar-refractivity contribution < 1.29 is 4.21 Å². The summed E-state index contributed by atoms with van der Waals surface area (Å²) in [6, 6.07) is 4.91. The molecule has 0 aliphatic rings. The Morgan fingerprint density at radius 1 is 1.55 bits per heavy atom. The Balaban J connectivity index is 3.17. The number of hydrogen-bond acceptors (Lipinski definition) is 3. The average molecular weight is 173 g/mol. The Labute approximate surface area is 66.2 Å². The minimum atomic E-state index is -2.74. The lowest BCUT2D eigenvalue weighted by Gasteiger charge is -2.10. The van der Waals surface area contributed by atoms with Gasteiger partial charge in [0.1, 0.15) is 10.8 Å². The van der Waals surface area contributed by atoms with Gasteiger partial charge in [0.2, 0.25) is 0 Å². The topological polar surface area (TPSA) is 82.0 Å². The van der Waals surface area contributed by atoms with Crippen molar-refractivity contribution in [3.8, 4) is 0 Å². The molecule has 4 nitrogen and oxygen atoms in total. The molecule has 0 aliphatic heterocycles. The molecule has 0 spiro atoms. The van der Waals surface area contributed by atoms with Gasteiger partial charge in [-0.05, 0) is 22.3 Å². The molecule has 4 N–H and O–H groups in total. The lowest BCUT2D eigenvalue weighted by Crippen LogP contribution is -2.22. The largest absolute Gasteiger partial charge is 0.384 e. The molecule has 0 aromatic carbocycles. The zero-order valence-electron chi connectivity index (χ0n) is 6.19. The van der Waals surface area contributed by atoms with Gasteiger partial charge < -0.3 is 5.73 Å². The first-order valence-corrected chi connectivity index (χ1v) is 5.31. The molecular formula is C6H11N3OS. The quantitative estimate of drug-likeness (QED) is 0.503.